The van der Waals surface area contributed by atoms with Gasteiger partial charge in [0.25, 0.3) is 0 Å². The van der Waals surface area contributed by atoms with E-state index in [1.165, 1.54) is 0 Å². The molecule has 0 saturated heterocycles. The molecule has 0 unspecified atom stereocenters. The van der Waals surface area contributed by atoms with E-state index in [0.717, 1.165) is 11.4 Å². The summed E-state index contributed by atoms with van der Waals surface area (Å²) in [6, 6.07) is 19.7. The SMILES string of the molecule is NC(=S)N(c1ccccc1)c1ccccc1.[Cu]. The van der Waals surface area contributed by atoms with Crippen molar-refractivity contribution < 1.29 is 17.1 Å². The molecule has 0 spiro atoms. The molecule has 4 heteroatoms. The van der Waals surface area contributed by atoms with Crippen molar-refractivity contribution in [2.24, 2.45) is 5.73 Å². The molecule has 2 N–H and O–H groups in total. The van der Waals surface area contributed by atoms with Gasteiger partial charge in [-0.05, 0) is 36.5 Å². The number of thiocarbonyl (C=S) groups is 1. The summed E-state index contributed by atoms with van der Waals surface area (Å²) in [4.78, 5) is 1.84. The second-order valence-corrected chi connectivity index (χ2v) is 3.76. The number of nitrogens with two attached hydrogens (primary N) is 1. The van der Waals surface area contributed by atoms with Gasteiger partial charge in [-0.15, -0.1) is 0 Å². The van der Waals surface area contributed by atoms with Gasteiger partial charge in [0.1, 0.15) is 0 Å². The van der Waals surface area contributed by atoms with E-state index in [2.05, 4.69) is 0 Å². The van der Waals surface area contributed by atoms with Gasteiger partial charge in [0.2, 0.25) is 0 Å². The predicted octanol–water partition coefficient (Wildman–Crippen LogP) is 3.07. The number of anilines is 2. The smallest absolute Gasteiger partial charge is 0.175 e. The Labute approximate surface area is 117 Å². The normalized spacial score (nSPS) is 9.18. The van der Waals surface area contributed by atoms with Crippen LogP contribution in [0.1, 0.15) is 0 Å². The maximum Gasteiger partial charge on any atom is 0.175 e. The van der Waals surface area contributed by atoms with Crippen molar-refractivity contribution in [1.82, 2.24) is 0 Å². The van der Waals surface area contributed by atoms with Crippen LogP contribution in [0.15, 0.2) is 60.7 Å². The fourth-order valence-electron chi connectivity index (χ4n) is 1.56. The van der Waals surface area contributed by atoms with E-state index in [9.17, 15) is 0 Å². The molecule has 0 saturated carbocycles. The van der Waals surface area contributed by atoms with E-state index in [0.29, 0.717) is 5.11 Å². The molecule has 0 aliphatic heterocycles. The van der Waals surface area contributed by atoms with E-state index in [1.807, 2.05) is 65.6 Å². The number of nitrogens with zero attached hydrogens (tertiary/aromatic N) is 1. The number of hydrogen-bond acceptors (Lipinski definition) is 1. The van der Waals surface area contributed by atoms with Crippen molar-refractivity contribution >= 4 is 28.7 Å². The number of rotatable bonds is 2. The monoisotopic (exact) mass is 291 g/mol. The Morgan fingerprint density at radius 2 is 1.18 bits per heavy atom. The third-order valence-corrected chi connectivity index (χ3v) is 2.43. The quantitative estimate of drug-likeness (QED) is 0.681. The fraction of sp³-hybridized carbons (Fsp3) is 0. The second-order valence-electron chi connectivity index (χ2n) is 3.34. The molecule has 2 rings (SSSR count). The van der Waals surface area contributed by atoms with Crippen molar-refractivity contribution in [3.8, 4) is 0 Å². The molecule has 0 bridgehead atoms. The van der Waals surface area contributed by atoms with Crippen molar-refractivity contribution in [3.63, 3.8) is 0 Å². The summed E-state index contributed by atoms with van der Waals surface area (Å²) < 4.78 is 0. The van der Waals surface area contributed by atoms with Crippen LogP contribution in [0.3, 0.4) is 0 Å². The first kappa shape index (κ1) is 13.7. The summed E-state index contributed by atoms with van der Waals surface area (Å²) >= 11 is 5.08. The first-order chi connectivity index (χ1) is 7.79. The van der Waals surface area contributed by atoms with Crippen LogP contribution in [0, 0.1) is 0 Å². The van der Waals surface area contributed by atoms with Crippen LogP contribution in [-0.4, -0.2) is 5.11 Å². The molecule has 0 amide bonds. The third-order valence-electron chi connectivity index (χ3n) is 2.25. The Hall–Kier alpha value is -1.35. The summed E-state index contributed by atoms with van der Waals surface area (Å²) in [5.41, 5.74) is 7.70. The number of hydrogen-bond donors (Lipinski definition) is 1. The Bertz CT molecular complexity index is 434. The van der Waals surface area contributed by atoms with Crippen LogP contribution in [0.25, 0.3) is 0 Å². The molecule has 91 valence electrons. The largest absolute Gasteiger partial charge is 0.376 e. The maximum atomic E-state index is 5.76. The van der Waals surface area contributed by atoms with Crippen LogP contribution in [0.5, 0.6) is 0 Å². The standard InChI is InChI=1S/C13H12N2S.Cu/c14-13(16)15(11-7-3-1-4-8-11)12-9-5-2-6-10-12;/h1-10H,(H2,14,16);. The number of benzene rings is 2. The Morgan fingerprint density at radius 1 is 0.824 bits per heavy atom. The molecule has 0 aliphatic carbocycles. The third kappa shape index (κ3) is 3.30. The molecule has 2 aromatic carbocycles. The molecule has 0 fully saturated rings. The maximum absolute atomic E-state index is 5.76. The second kappa shape index (κ2) is 6.40. The molecule has 0 heterocycles. The van der Waals surface area contributed by atoms with E-state index < -0.39 is 0 Å². The minimum atomic E-state index is 0. The van der Waals surface area contributed by atoms with Crippen LogP contribution >= 0.6 is 12.2 Å². The van der Waals surface area contributed by atoms with Gasteiger partial charge in [0.15, 0.2) is 5.11 Å². The van der Waals surface area contributed by atoms with Gasteiger partial charge in [-0.25, -0.2) is 0 Å². The van der Waals surface area contributed by atoms with Crippen LogP contribution in [0.2, 0.25) is 0 Å². The van der Waals surface area contributed by atoms with Gasteiger partial charge in [-0.1, -0.05) is 36.4 Å². The van der Waals surface area contributed by atoms with Gasteiger partial charge >= 0.3 is 0 Å². The first-order valence-electron chi connectivity index (χ1n) is 4.98. The summed E-state index contributed by atoms with van der Waals surface area (Å²) in [5, 5.41) is 0.345. The summed E-state index contributed by atoms with van der Waals surface area (Å²) in [6.07, 6.45) is 0. The van der Waals surface area contributed by atoms with Crippen molar-refractivity contribution in [2.75, 3.05) is 4.90 Å². The molecule has 0 aromatic heterocycles. The average molecular weight is 292 g/mol. The minimum Gasteiger partial charge on any atom is -0.376 e. The van der Waals surface area contributed by atoms with Crippen LogP contribution in [0.4, 0.5) is 11.4 Å². The van der Waals surface area contributed by atoms with Crippen LogP contribution < -0.4 is 10.6 Å². The summed E-state index contributed by atoms with van der Waals surface area (Å²) in [6.45, 7) is 0. The molecule has 1 radical (unpaired) electrons. The molecular formula is C13H12CuN2S. The van der Waals surface area contributed by atoms with Gasteiger partial charge in [0.05, 0.1) is 0 Å². The molecule has 2 nitrogen and oxygen atoms in total. The summed E-state index contributed by atoms with van der Waals surface area (Å²) in [5.74, 6) is 0. The van der Waals surface area contributed by atoms with E-state index in [-0.39, 0.29) is 17.1 Å². The van der Waals surface area contributed by atoms with Crippen molar-refractivity contribution in [3.05, 3.63) is 60.7 Å². The van der Waals surface area contributed by atoms with Gasteiger partial charge in [-0.3, -0.25) is 4.90 Å². The fourth-order valence-corrected chi connectivity index (χ4v) is 1.77. The molecular weight excluding hydrogens is 280 g/mol. The number of para-hydroxylation sites is 2. The first-order valence-corrected chi connectivity index (χ1v) is 5.39. The minimum absolute atomic E-state index is 0. The van der Waals surface area contributed by atoms with Gasteiger partial charge in [0, 0.05) is 28.4 Å². The molecule has 17 heavy (non-hydrogen) atoms. The zero-order valence-corrected chi connectivity index (χ0v) is 10.8. The van der Waals surface area contributed by atoms with E-state index >= 15 is 0 Å². The average Bonchev–Trinajstić information content (AvgIpc) is 2.31. The van der Waals surface area contributed by atoms with Crippen LogP contribution in [-0.2, 0) is 17.1 Å². The van der Waals surface area contributed by atoms with Gasteiger partial charge in [-0.2, -0.15) is 0 Å². The topological polar surface area (TPSA) is 29.3 Å². The van der Waals surface area contributed by atoms with E-state index in [4.69, 9.17) is 18.0 Å². The zero-order valence-electron chi connectivity index (χ0n) is 9.01. The molecule has 0 aliphatic rings. The molecule has 2 aromatic rings. The van der Waals surface area contributed by atoms with Gasteiger partial charge < -0.3 is 5.73 Å². The molecule has 0 atom stereocenters. The van der Waals surface area contributed by atoms with Crippen molar-refractivity contribution in [1.29, 1.82) is 0 Å². The predicted molar refractivity (Wildman–Crippen MR) is 71.8 cm³/mol. The zero-order chi connectivity index (χ0) is 11.4. The Kier molecular flexibility index (Phi) is 5.16. The Balaban J connectivity index is 0.00000144. The van der Waals surface area contributed by atoms with E-state index in [1.54, 1.807) is 0 Å². The van der Waals surface area contributed by atoms with Crippen molar-refractivity contribution in [2.45, 2.75) is 0 Å². The summed E-state index contributed by atoms with van der Waals surface area (Å²) in [7, 11) is 0. The Morgan fingerprint density at radius 3 is 1.47 bits per heavy atom.